The number of hydrogen-bond donors (Lipinski definition) is 0. The number of rotatable bonds is 5. The van der Waals surface area contributed by atoms with Crippen LogP contribution < -0.4 is 0 Å². The summed E-state index contributed by atoms with van der Waals surface area (Å²) in [5.41, 5.74) is 2.31. The Labute approximate surface area is 131 Å². The summed E-state index contributed by atoms with van der Waals surface area (Å²) in [5, 5.41) is 8.63. The van der Waals surface area contributed by atoms with E-state index in [2.05, 4.69) is 24.6 Å². The van der Waals surface area contributed by atoms with Gasteiger partial charge in [-0.3, -0.25) is 4.68 Å². The minimum atomic E-state index is -0.478. The molecule has 7 nitrogen and oxygen atoms in total. The van der Waals surface area contributed by atoms with Gasteiger partial charge in [-0.15, -0.1) is 5.10 Å². The Hall–Kier alpha value is -2.35. The van der Waals surface area contributed by atoms with Crippen molar-refractivity contribution >= 4 is 28.8 Å². The number of aromatic nitrogens is 5. The van der Waals surface area contributed by atoms with Crippen LogP contribution in [0.25, 0.3) is 11.0 Å². The molecular formula is C14H15N5O2S. The van der Waals surface area contributed by atoms with E-state index < -0.39 is 5.97 Å². The van der Waals surface area contributed by atoms with Crippen molar-refractivity contribution in [3.63, 3.8) is 0 Å². The Balaban J connectivity index is 1.63. The maximum Gasteiger partial charge on any atom is 0.360 e. The van der Waals surface area contributed by atoms with Gasteiger partial charge < -0.3 is 9.30 Å². The SMILES string of the molecule is COC(=O)c1cn(CCSc2nc3ccccc3n2C)nn1. The lowest BCUT2D eigenvalue weighted by molar-refractivity contribution is 0.0594. The van der Waals surface area contributed by atoms with Gasteiger partial charge in [-0.2, -0.15) is 0 Å². The van der Waals surface area contributed by atoms with Crippen LogP contribution in [0, 0.1) is 0 Å². The minimum absolute atomic E-state index is 0.218. The lowest BCUT2D eigenvalue weighted by Crippen LogP contribution is -2.03. The van der Waals surface area contributed by atoms with Gasteiger partial charge in [0.25, 0.3) is 0 Å². The van der Waals surface area contributed by atoms with E-state index in [1.165, 1.54) is 7.11 Å². The predicted molar refractivity (Wildman–Crippen MR) is 82.8 cm³/mol. The van der Waals surface area contributed by atoms with Crippen molar-refractivity contribution in [2.75, 3.05) is 12.9 Å². The summed E-state index contributed by atoms with van der Waals surface area (Å²) in [6.07, 6.45) is 1.58. The monoisotopic (exact) mass is 317 g/mol. The fourth-order valence-corrected chi connectivity index (χ4v) is 3.00. The Morgan fingerprint density at radius 3 is 2.95 bits per heavy atom. The first-order chi connectivity index (χ1) is 10.7. The highest BCUT2D eigenvalue weighted by Crippen LogP contribution is 2.22. The number of carbonyl (C=O) groups excluding carboxylic acids is 1. The van der Waals surface area contributed by atoms with Crippen molar-refractivity contribution in [1.82, 2.24) is 24.5 Å². The van der Waals surface area contributed by atoms with Gasteiger partial charge in [0.1, 0.15) is 0 Å². The average Bonchev–Trinajstić information content (AvgIpc) is 3.13. The molecule has 2 aromatic heterocycles. The summed E-state index contributed by atoms with van der Waals surface area (Å²) in [6, 6.07) is 8.03. The van der Waals surface area contributed by atoms with Crippen molar-refractivity contribution in [3.05, 3.63) is 36.2 Å². The number of para-hydroxylation sites is 2. The van der Waals surface area contributed by atoms with Crippen LogP contribution in [0.2, 0.25) is 0 Å². The van der Waals surface area contributed by atoms with E-state index >= 15 is 0 Å². The Bertz CT molecular complexity index is 811. The Morgan fingerprint density at radius 2 is 2.18 bits per heavy atom. The molecule has 0 amide bonds. The maximum atomic E-state index is 11.3. The van der Waals surface area contributed by atoms with Crippen molar-refractivity contribution in [1.29, 1.82) is 0 Å². The highest BCUT2D eigenvalue weighted by Gasteiger charge is 2.11. The molecule has 0 fully saturated rings. The fraction of sp³-hybridized carbons (Fsp3) is 0.286. The molecule has 0 unspecified atom stereocenters. The highest BCUT2D eigenvalue weighted by molar-refractivity contribution is 7.99. The van der Waals surface area contributed by atoms with Gasteiger partial charge in [0.15, 0.2) is 10.9 Å². The number of benzene rings is 1. The second-order valence-corrected chi connectivity index (χ2v) is 5.71. The van der Waals surface area contributed by atoms with E-state index in [1.807, 2.05) is 31.3 Å². The molecule has 0 radical (unpaired) electrons. The number of hydrogen-bond acceptors (Lipinski definition) is 6. The summed E-state index contributed by atoms with van der Waals surface area (Å²) >= 11 is 1.64. The van der Waals surface area contributed by atoms with Gasteiger partial charge in [-0.1, -0.05) is 29.1 Å². The van der Waals surface area contributed by atoms with Crippen molar-refractivity contribution in [3.8, 4) is 0 Å². The largest absolute Gasteiger partial charge is 0.464 e. The maximum absolute atomic E-state index is 11.3. The number of imidazole rings is 1. The quantitative estimate of drug-likeness (QED) is 0.527. The third-order valence-corrected chi connectivity index (χ3v) is 4.24. The molecule has 8 heteroatoms. The average molecular weight is 317 g/mol. The zero-order valence-corrected chi connectivity index (χ0v) is 13.1. The van der Waals surface area contributed by atoms with Crippen LogP contribution in [0.1, 0.15) is 10.5 Å². The zero-order chi connectivity index (χ0) is 15.5. The van der Waals surface area contributed by atoms with Crippen LogP contribution in [-0.4, -0.2) is 43.4 Å². The summed E-state index contributed by atoms with van der Waals surface area (Å²) in [6.45, 7) is 0.637. The van der Waals surface area contributed by atoms with Crippen LogP contribution in [-0.2, 0) is 18.3 Å². The second-order valence-electron chi connectivity index (χ2n) is 4.65. The number of carbonyl (C=O) groups is 1. The van der Waals surface area contributed by atoms with Gasteiger partial charge in [0.05, 0.1) is 30.9 Å². The standard InChI is InChI=1S/C14H15N5O2S/c1-18-12-6-4-3-5-10(12)15-14(18)22-8-7-19-9-11(16-17-19)13(20)21-2/h3-6,9H,7-8H2,1-2H3. The molecule has 0 aliphatic rings. The van der Waals surface area contributed by atoms with Gasteiger partial charge in [0, 0.05) is 12.8 Å². The molecule has 0 saturated heterocycles. The summed E-state index contributed by atoms with van der Waals surface area (Å²) in [5.74, 6) is 0.301. The molecule has 0 aliphatic heterocycles. The summed E-state index contributed by atoms with van der Waals surface area (Å²) in [4.78, 5) is 15.9. The number of nitrogens with zero attached hydrogens (tertiary/aromatic N) is 5. The molecular weight excluding hydrogens is 302 g/mol. The fourth-order valence-electron chi connectivity index (χ4n) is 2.09. The number of fused-ring (bicyclic) bond motifs is 1. The van der Waals surface area contributed by atoms with E-state index in [9.17, 15) is 4.79 Å². The molecule has 1 aromatic carbocycles. The first-order valence-electron chi connectivity index (χ1n) is 6.71. The van der Waals surface area contributed by atoms with E-state index in [-0.39, 0.29) is 5.69 Å². The predicted octanol–water partition coefficient (Wildman–Crippen LogP) is 1.74. The molecule has 3 rings (SSSR count). The zero-order valence-electron chi connectivity index (χ0n) is 12.3. The van der Waals surface area contributed by atoms with Crippen LogP contribution >= 0.6 is 11.8 Å². The lowest BCUT2D eigenvalue weighted by Gasteiger charge is -2.02. The number of thioether (sulfide) groups is 1. The summed E-state index contributed by atoms with van der Waals surface area (Å²) in [7, 11) is 3.32. The van der Waals surface area contributed by atoms with Gasteiger partial charge in [-0.25, -0.2) is 9.78 Å². The molecule has 0 spiro atoms. The number of ether oxygens (including phenoxy) is 1. The minimum Gasteiger partial charge on any atom is -0.464 e. The molecule has 0 saturated carbocycles. The Morgan fingerprint density at radius 1 is 1.36 bits per heavy atom. The van der Waals surface area contributed by atoms with E-state index in [4.69, 9.17) is 0 Å². The van der Waals surface area contributed by atoms with Gasteiger partial charge in [0.2, 0.25) is 0 Å². The number of esters is 1. The van der Waals surface area contributed by atoms with Crippen LogP contribution in [0.5, 0.6) is 0 Å². The van der Waals surface area contributed by atoms with Gasteiger partial charge >= 0.3 is 5.97 Å². The van der Waals surface area contributed by atoms with Gasteiger partial charge in [-0.05, 0) is 12.1 Å². The molecule has 114 valence electrons. The molecule has 22 heavy (non-hydrogen) atoms. The highest BCUT2D eigenvalue weighted by atomic mass is 32.2. The smallest absolute Gasteiger partial charge is 0.360 e. The number of methoxy groups -OCH3 is 1. The van der Waals surface area contributed by atoms with E-state index in [1.54, 1.807) is 22.6 Å². The third kappa shape index (κ3) is 2.82. The Kier molecular flexibility index (Phi) is 4.10. The normalized spacial score (nSPS) is 11.0. The molecule has 2 heterocycles. The van der Waals surface area contributed by atoms with Crippen LogP contribution in [0.3, 0.4) is 0 Å². The van der Waals surface area contributed by atoms with Crippen molar-refractivity contribution in [2.24, 2.45) is 7.05 Å². The third-order valence-electron chi connectivity index (χ3n) is 3.23. The van der Waals surface area contributed by atoms with Crippen LogP contribution in [0.4, 0.5) is 0 Å². The molecule has 0 bridgehead atoms. The molecule has 3 aromatic rings. The molecule has 0 N–H and O–H groups in total. The van der Waals surface area contributed by atoms with E-state index in [0.717, 1.165) is 21.9 Å². The van der Waals surface area contributed by atoms with Crippen molar-refractivity contribution < 1.29 is 9.53 Å². The first kappa shape index (κ1) is 14.6. The molecule has 0 aliphatic carbocycles. The first-order valence-corrected chi connectivity index (χ1v) is 7.70. The number of aryl methyl sites for hydroxylation is 2. The van der Waals surface area contributed by atoms with Crippen LogP contribution in [0.15, 0.2) is 35.6 Å². The lowest BCUT2D eigenvalue weighted by atomic mass is 10.3. The summed E-state index contributed by atoms with van der Waals surface area (Å²) < 4.78 is 8.30. The topological polar surface area (TPSA) is 74.8 Å². The van der Waals surface area contributed by atoms with E-state index in [0.29, 0.717) is 6.54 Å². The second kappa shape index (κ2) is 6.18. The van der Waals surface area contributed by atoms with Crippen molar-refractivity contribution in [2.45, 2.75) is 11.7 Å². The molecule has 0 atom stereocenters.